The molecule has 1 saturated heterocycles. The van der Waals surface area contributed by atoms with E-state index in [1.54, 1.807) is 5.01 Å². The Balaban J connectivity index is 2.28. The second-order valence-electron chi connectivity index (χ2n) is 4.10. The van der Waals surface area contributed by atoms with Crippen LogP contribution >= 0.6 is 0 Å². The number of nitrogens with zero attached hydrogens (tertiary/aromatic N) is 2. The van der Waals surface area contributed by atoms with Gasteiger partial charge in [0.25, 0.3) is 0 Å². The van der Waals surface area contributed by atoms with Crippen molar-refractivity contribution in [3.8, 4) is 6.07 Å². The van der Waals surface area contributed by atoms with Gasteiger partial charge in [-0.05, 0) is 18.4 Å². The van der Waals surface area contributed by atoms with Gasteiger partial charge in [0, 0.05) is 13.1 Å². The fourth-order valence-corrected chi connectivity index (χ4v) is 2.13. The third-order valence-electron chi connectivity index (χ3n) is 3.19. The lowest BCUT2D eigenvalue weighted by Gasteiger charge is -2.35. The highest BCUT2D eigenvalue weighted by molar-refractivity contribution is 5.33. The summed E-state index contributed by atoms with van der Waals surface area (Å²) >= 11 is 0. The Morgan fingerprint density at radius 1 is 1.20 bits per heavy atom. The molecule has 0 spiro atoms. The zero-order chi connectivity index (χ0) is 10.7. The Morgan fingerprint density at radius 2 is 1.80 bits per heavy atom. The molecule has 1 aromatic carbocycles. The molecule has 0 bridgehead atoms. The lowest BCUT2D eigenvalue weighted by Crippen LogP contribution is -2.45. The van der Waals surface area contributed by atoms with E-state index in [9.17, 15) is 5.26 Å². The predicted octanol–water partition coefficient (Wildman–Crippen LogP) is 1.42. The molecule has 0 radical (unpaired) electrons. The quantitative estimate of drug-likeness (QED) is 0.699. The van der Waals surface area contributed by atoms with E-state index >= 15 is 0 Å². The molecule has 0 atom stereocenters. The maximum atomic E-state index is 9.37. The van der Waals surface area contributed by atoms with Gasteiger partial charge in [-0.3, -0.25) is 5.84 Å². The van der Waals surface area contributed by atoms with Crippen molar-refractivity contribution in [3.05, 3.63) is 35.9 Å². The topological polar surface area (TPSA) is 53.0 Å². The molecule has 0 aromatic heterocycles. The van der Waals surface area contributed by atoms with Crippen LogP contribution in [0.4, 0.5) is 0 Å². The molecule has 0 amide bonds. The van der Waals surface area contributed by atoms with Gasteiger partial charge in [-0.2, -0.15) is 5.26 Å². The van der Waals surface area contributed by atoms with Gasteiger partial charge in [0.2, 0.25) is 0 Å². The zero-order valence-corrected chi connectivity index (χ0v) is 8.69. The third-order valence-corrected chi connectivity index (χ3v) is 3.19. The molecule has 2 N–H and O–H groups in total. The summed E-state index contributed by atoms with van der Waals surface area (Å²) in [5.74, 6) is 5.71. The maximum absolute atomic E-state index is 9.37. The number of hydrazine groups is 1. The summed E-state index contributed by atoms with van der Waals surface area (Å²) < 4.78 is 0. The van der Waals surface area contributed by atoms with E-state index in [1.165, 1.54) is 0 Å². The van der Waals surface area contributed by atoms with Crippen molar-refractivity contribution in [2.24, 2.45) is 5.84 Å². The van der Waals surface area contributed by atoms with Gasteiger partial charge in [-0.25, -0.2) is 5.01 Å². The SMILES string of the molecule is N#CC1(c2ccccc2)CCN(N)CC1. The second kappa shape index (κ2) is 4.01. The molecule has 15 heavy (non-hydrogen) atoms. The average molecular weight is 201 g/mol. The Bertz CT molecular complexity index is 358. The van der Waals surface area contributed by atoms with Crippen molar-refractivity contribution in [1.29, 1.82) is 5.26 Å². The van der Waals surface area contributed by atoms with Crippen LogP contribution in [0.2, 0.25) is 0 Å². The van der Waals surface area contributed by atoms with Gasteiger partial charge in [0.1, 0.15) is 0 Å². The van der Waals surface area contributed by atoms with E-state index in [0.717, 1.165) is 31.5 Å². The van der Waals surface area contributed by atoms with Gasteiger partial charge in [-0.1, -0.05) is 30.3 Å². The van der Waals surface area contributed by atoms with Crippen molar-refractivity contribution in [2.45, 2.75) is 18.3 Å². The molecule has 2 rings (SSSR count). The molecule has 1 fully saturated rings. The van der Waals surface area contributed by atoms with Crippen molar-refractivity contribution in [2.75, 3.05) is 13.1 Å². The number of benzene rings is 1. The van der Waals surface area contributed by atoms with Crippen LogP contribution in [0.3, 0.4) is 0 Å². The van der Waals surface area contributed by atoms with Crippen LogP contribution in [0.25, 0.3) is 0 Å². The van der Waals surface area contributed by atoms with Crippen LogP contribution in [-0.2, 0) is 5.41 Å². The first kappa shape index (κ1) is 10.2. The van der Waals surface area contributed by atoms with E-state index in [4.69, 9.17) is 5.84 Å². The van der Waals surface area contributed by atoms with Crippen LogP contribution in [0.15, 0.2) is 30.3 Å². The molecular weight excluding hydrogens is 186 g/mol. The smallest absolute Gasteiger partial charge is 0.0847 e. The zero-order valence-electron chi connectivity index (χ0n) is 8.69. The van der Waals surface area contributed by atoms with Crippen LogP contribution in [0.5, 0.6) is 0 Å². The van der Waals surface area contributed by atoms with E-state index in [1.807, 2.05) is 30.3 Å². The molecule has 78 valence electrons. The summed E-state index contributed by atoms with van der Waals surface area (Å²) in [4.78, 5) is 0. The van der Waals surface area contributed by atoms with Crippen LogP contribution < -0.4 is 5.84 Å². The Labute approximate surface area is 90.1 Å². The van der Waals surface area contributed by atoms with Crippen LogP contribution in [0, 0.1) is 11.3 Å². The molecule has 0 unspecified atom stereocenters. The van der Waals surface area contributed by atoms with Gasteiger partial charge in [0.15, 0.2) is 0 Å². The first-order chi connectivity index (χ1) is 7.27. The van der Waals surface area contributed by atoms with Gasteiger partial charge in [0.05, 0.1) is 11.5 Å². The molecular formula is C12H15N3. The molecule has 3 heteroatoms. The minimum absolute atomic E-state index is 0.322. The summed E-state index contributed by atoms with van der Waals surface area (Å²) in [7, 11) is 0. The van der Waals surface area contributed by atoms with Crippen molar-refractivity contribution in [3.63, 3.8) is 0 Å². The highest BCUT2D eigenvalue weighted by atomic mass is 15.4. The van der Waals surface area contributed by atoms with Crippen molar-refractivity contribution >= 4 is 0 Å². The van der Waals surface area contributed by atoms with Gasteiger partial charge >= 0.3 is 0 Å². The third kappa shape index (κ3) is 1.87. The highest BCUT2D eigenvalue weighted by Gasteiger charge is 2.35. The largest absolute Gasteiger partial charge is 0.269 e. The van der Waals surface area contributed by atoms with Crippen molar-refractivity contribution < 1.29 is 0 Å². The van der Waals surface area contributed by atoms with E-state index in [0.29, 0.717) is 0 Å². The maximum Gasteiger partial charge on any atom is 0.0847 e. The van der Waals surface area contributed by atoms with Crippen LogP contribution in [0.1, 0.15) is 18.4 Å². The number of hydrogen-bond donors (Lipinski definition) is 1. The highest BCUT2D eigenvalue weighted by Crippen LogP contribution is 2.33. The lowest BCUT2D eigenvalue weighted by molar-refractivity contribution is 0.190. The number of nitrogens with two attached hydrogens (primary N) is 1. The first-order valence-corrected chi connectivity index (χ1v) is 5.23. The fraction of sp³-hybridized carbons (Fsp3) is 0.417. The number of rotatable bonds is 1. The minimum Gasteiger partial charge on any atom is -0.269 e. The molecule has 1 aliphatic rings. The number of piperidine rings is 1. The minimum atomic E-state index is -0.322. The molecule has 1 aromatic rings. The standard InChI is InChI=1S/C12H15N3/c13-10-12(6-8-15(14)9-7-12)11-4-2-1-3-5-11/h1-5H,6-9,14H2. The first-order valence-electron chi connectivity index (χ1n) is 5.23. The Kier molecular flexibility index (Phi) is 2.72. The molecule has 0 saturated carbocycles. The van der Waals surface area contributed by atoms with E-state index in [-0.39, 0.29) is 5.41 Å². The summed E-state index contributed by atoms with van der Waals surface area (Å²) in [6.45, 7) is 1.59. The summed E-state index contributed by atoms with van der Waals surface area (Å²) in [5, 5.41) is 11.2. The summed E-state index contributed by atoms with van der Waals surface area (Å²) in [6.07, 6.45) is 1.65. The molecule has 1 aliphatic heterocycles. The molecule has 0 aliphatic carbocycles. The molecule has 1 heterocycles. The normalized spacial score (nSPS) is 20.8. The van der Waals surface area contributed by atoms with Crippen molar-refractivity contribution in [1.82, 2.24) is 5.01 Å². The number of nitriles is 1. The van der Waals surface area contributed by atoms with Gasteiger partial charge in [-0.15, -0.1) is 0 Å². The fourth-order valence-electron chi connectivity index (χ4n) is 2.13. The second-order valence-corrected chi connectivity index (χ2v) is 4.10. The number of hydrogen-bond acceptors (Lipinski definition) is 3. The average Bonchev–Trinajstić information content (AvgIpc) is 2.32. The van der Waals surface area contributed by atoms with Crippen LogP contribution in [-0.4, -0.2) is 18.1 Å². The summed E-state index contributed by atoms with van der Waals surface area (Å²) in [6, 6.07) is 12.5. The summed E-state index contributed by atoms with van der Waals surface area (Å²) in [5.41, 5.74) is 0.803. The monoisotopic (exact) mass is 201 g/mol. The molecule has 3 nitrogen and oxygen atoms in total. The predicted molar refractivity (Wildman–Crippen MR) is 58.7 cm³/mol. The Hall–Kier alpha value is -1.37. The Morgan fingerprint density at radius 3 is 2.33 bits per heavy atom. The lowest BCUT2D eigenvalue weighted by atomic mass is 9.74. The van der Waals surface area contributed by atoms with E-state index in [2.05, 4.69) is 6.07 Å². The van der Waals surface area contributed by atoms with E-state index < -0.39 is 0 Å². The van der Waals surface area contributed by atoms with Gasteiger partial charge < -0.3 is 0 Å².